The van der Waals surface area contributed by atoms with E-state index in [4.69, 9.17) is 0 Å². The number of nitrogens with one attached hydrogen (secondary N) is 1. The normalized spacial score (nSPS) is 24.5. The van der Waals surface area contributed by atoms with Gasteiger partial charge >= 0.3 is 0 Å². The van der Waals surface area contributed by atoms with E-state index in [1.807, 2.05) is 18.2 Å². The van der Waals surface area contributed by atoms with Crippen molar-refractivity contribution in [2.45, 2.75) is 31.6 Å². The highest BCUT2D eigenvalue weighted by molar-refractivity contribution is 5.94. The van der Waals surface area contributed by atoms with Gasteiger partial charge in [-0.15, -0.1) is 0 Å². The first kappa shape index (κ1) is 10.2. The van der Waals surface area contributed by atoms with E-state index in [0.29, 0.717) is 0 Å². The molecule has 1 aliphatic rings. The van der Waals surface area contributed by atoms with Crippen LogP contribution in [0.2, 0.25) is 0 Å². The fourth-order valence-electron chi connectivity index (χ4n) is 2.19. The lowest BCUT2D eigenvalue weighted by molar-refractivity contribution is -0.134. The summed E-state index contributed by atoms with van der Waals surface area (Å²) in [7, 11) is 0. The van der Waals surface area contributed by atoms with Crippen LogP contribution in [0.15, 0.2) is 30.3 Å². The average molecular weight is 203 g/mol. The fourth-order valence-corrected chi connectivity index (χ4v) is 2.19. The van der Waals surface area contributed by atoms with Gasteiger partial charge in [0.1, 0.15) is 0 Å². The highest BCUT2D eigenvalue weighted by atomic mass is 16.2. The Kier molecular flexibility index (Phi) is 2.76. The number of carbonyl (C=O) groups excluding carboxylic acids is 1. The summed E-state index contributed by atoms with van der Waals surface area (Å²) in [5.41, 5.74) is 0.944. The van der Waals surface area contributed by atoms with Crippen LogP contribution in [0.1, 0.15) is 31.7 Å². The second-order valence-electron chi connectivity index (χ2n) is 4.23. The van der Waals surface area contributed by atoms with Crippen LogP contribution in [0.25, 0.3) is 0 Å². The smallest absolute Gasteiger partial charge is 0.232 e. The van der Waals surface area contributed by atoms with Crippen molar-refractivity contribution in [1.29, 1.82) is 0 Å². The molecule has 0 saturated carbocycles. The number of hydrogen-bond donors (Lipinski definition) is 1. The lowest BCUT2D eigenvalue weighted by Gasteiger charge is -2.41. The van der Waals surface area contributed by atoms with Gasteiger partial charge in [0.15, 0.2) is 0 Å². The van der Waals surface area contributed by atoms with Crippen molar-refractivity contribution in [3.05, 3.63) is 35.9 Å². The van der Waals surface area contributed by atoms with Crippen molar-refractivity contribution in [3.63, 3.8) is 0 Å². The highest BCUT2D eigenvalue weighted by Crippen LogP contribution is 2.34. The molecule has 1 aromatic rings. The van der Waals surface area contributed by atoms with Crippen LogP contribution in [0, 0.1) is 0 Å². The maximum absolute atomic E-state index is 11.7. The van der Waals surface area contributed by atoms with Crippen molar-refractivity contribution in [2.75, 3.05) is 6.54 Å². The van der Waals surface area contributed by atoms with Crippen molar-refractivity contribution in [1.82, 2.24) is 5.32 Å². The van der Waals surface area contributed by atoms with Crippen LogP contribution in [0.4, 0.5) is 0 Å². The predicted octanol–water partition coefficient (Wildman–Crippen LogP) is 2.24. The van der Waals surface area contributed by atoms with Crippen LogP contribution >= 0.6 is 0 Å². The summed E-state index contributed by atoms with van der Waals surface area (Å²) in [5, 5.41) is 2.87. The monoisotopic (exact) mass is 203 g/mol. The molecule has 2 heteroatoms. The first-order chi connectivity index (χ1) is 7.29. The number of unbranched alkanes of at least 4 members (excludes halogenated alkanes) is 1. The van der Waals surface area contributed by atoms with Crippen molar-refractivity contribution in [3.8, 4) is 0 Å². The van der Waals surface area contributed by atoms with Gasteiger partial charge in [-0.25, -0.2) is 0 Å². The van der Waals surface area contributed by atoms with Gasteiger partial charge in [0.25, 0.3) is 0 Å². The molecule has 0 bridgehead atoms. The Morgan fingerprint density at radius 2 is 2.07 bits per heavy atom. The molecule has 2 nitrogen and oxygen atoms in total. The summed E-state index contributed by atoms with van der Waals surface area (Å²) in [6, 6.07) is 10.1. The summed E-state index contributed by atoms with van der Waals surface area (Å²) >= 11 is 0. The molecule has 80 valence electrons. The van der Waals surface area contributed by atoms with Crippen LogP contribution in [0.5, 0.6) is 0 Å². The molecule has 1 aliphatic heterocycles. The first-order valence-electron chi connectivity index (χ1n) is 5.63. The van der Waals surface area contributed by atoms with E-state index in [9.17, 15) is 4.79 Å². The molecule has 1 aromatic carbocycles. The Morgan fingerprint density at radius 3 is 2.53 bits per heavy atom. The molecule has 1 amide bonds. The maximum atomic E-state index is 11.7. The summed E-state index contributed by atoms with van der Waals surface area (Å²) < 4.78 is 0. The Hall–Kier alpha value is -1.31. The van der Waals surface area contributed by atoms with E-state index in [1.165, 1.54) is 5.56 Å². The number of rotatable bonds is 4. The Morgan fingerprint density at radius 1 is 1.33 bits per heavy atom. The van der Waals surface area contributed by atoms with Gasteiger partial charge in [-0.3, -0.25) is 4.79 Å². The summed E-state index contributed by atoms with van der Waals surface area (Å²) in [6.07, 6.45) is 3.23. The molecule has 0 radical (unpaired) electrons. The Bertz CT molecular complexity index is 347. The number of β-lactam (4-membered cyclic amide) rings is 1. The first-order valence-corrected chi connectivity index (χ1v) is 5.63. The van der Waals surface area contributed by atoms with Gasteiger partial charge in [-0.1, -0.05) is 50.1 Å². The standard InChI is InChI=1S/C13H17NO/c1-2-3-9-13(10-14-12(13)15)11-7-5-4-6-8-11/h4-8H,2-3,9-10H2,1H3,(H,14,15). The second kappa shape index (κ2) is 4.05. The van der Waals surface area contributed by atoms with Crippen molar-refractivity contribution >= 4 is 5.91 Å². The molecule has 1 unspecified atom stereocenters. The van der Waals surface area contributed by atoms with Gasteiger partial charge < -0.3 is 5.32 Å². The Labute approximate surface area is 90.7 Å². The quantitative estimate of drug-likeness (QED) is 0.747. The van der Waals surface area contributed by atoms with Crippen LogP contribution < -0.4 is 5.32 Å². The Balaban J connectivity index is 2.24. The average Bonchev–Trinajstić information content (AvgIpc) is 2.29. The molecule has 0 spiro atoms. The molecule has 1 N–H and O–H groups in total. The van der Waals surface area contributed by atoms with E-state index < -0.39 is 0 Å². The summed E-state index contributed by atoms with van der Waals surface area (Å²) in [4.78, 5) is 11.7. The third kappa shape index (κ3) is 1.65. The minimum absolute atomic E-state index is 0.196. The minimum atomic E-state index is -0.225. The number of benzene rings is 1. The molecule has 2 rings (SSSR count). The molecule has 0 aromatic heterocycles. The highest BCUT2D eigenvalue weighted by Gasteiger charge is 2.46. The molecule has 1 fully saturated rings. The number of amides is 1. The molecule has 1 saturated heterocycles. The third-order valence-electron chi connectivity index (χ3n) is 3.27. The number of hydrogen-bond acceptors (Lipinski definition) is 1. The topological polar surface area (TPSA) is 29.1 Å². The molecule has 1 atom stereocenters. The second-order valence-corrected chi connectivity index (χ2v) is 4.23. The minimum Gasteiger partial charge on any atom is -0.354 e. The van der Waals surface area contributed by atoms with E-state index in [-0.39, 0.29) is 11.3 Å². The SMILES string of the molecule is CCCCC1(c2ccccc2)CNC1=O. The molecular formula is C13H17NO. The fraction of sp³-hybridized carbons (Fsp3) is 0.462. The van der Waals surface area contributed by atoms with Gasteiger partial charge in [0.2, 0.25) is 5.91 Å². The molecular weight excluding hydrogens is 186 g/mol. The molecule has 15 heavy (non-hydrogen) atoms. The van der Waals surface area contributed by atoms with E-state index in [0.717, 1.165) is 25.8 Å². The zero-order valence-corrected chi connectivity index (χ0v) is 9.12. The van der Waals surface area contributed by atoms with Gasteiger partial charge in [-0.2, -0.15) is 0 Å². The van der Waals surface area contributed by atoms with Crippen LogP contribution in [0.3, 0.4) is 0 Å². The van der Waals surface area contributed by atoms with E-state index in [1.54, 1.807) is 0 Å². The predicted molar refractivity (Wildman–Crippen MR) is 60.7 cm³/mol. The largest absolute Gasteiger partial charge is 0.354 e. The molecule has 0 aliphatic carbocycles. The number of carbonyl (C=O) groups is 1. The molecule has 1 heterocycles. The maximum Gasteiger partial charge on any atom is 0.232 e. The van der Waals surface area contributed by atoms with Gasteiger partial charge in [-0.05, 0) is 12.0 Å². The van der Waals surface area contributed by atoms with Crippen LogP contribution in [-0.2, 0) is 10.2 Å². The van der Waals surface area contributed by atoms with Crippen molar-refractivity contribution < 1.29 is 4.79 Å². The zero-order chi connectivity index (χ0) is 10.7. The third-order valence-corrected chi connectivity index (χ3v) is 3.27. The zero-order valence-electron chi connectivity index (χ0n) is 9.12. The van der Waals surface area contributed by atoms with Gasteiger partial charge in [0.05, 0.1) is 5.41 Å². The summed E-state index contributed by atoms with van der Waals surface area (Å²) in [5.74, 6) is 0.196. The lowest BCUT2D eigenvalue weighted by Crippen LogP contribution is -2.62. The van der Waals surface area contributed by atoms with Crippen molar-refractivity contribution in [2.24, 2.45) is 0 Å². The lowest BCUT2D eigenvalue weighted by atomic mass is 9.71. The van der Waals surface area contributed by atoms with E-state index in [2.05, 4.69) is 24.4 Å². The summed E-state index contributed by atoms with van der Waals surface area (Å²) in [6.45, 7) is 2.96. The van der Waals surface area contributed by atoms with Crippen LogP contribution in [-0.4, -0.2) is 12.5 Å². The van der Waals surface area contributed by atoms with Gasteiger partial charge in [0, 0.05) is 6.54 Å². The van der Waals surface area contributed by atoms with E-state index >= 15 is 0 Å².